The Kier molecular flexibility index (Phi) is 3.95. The highest BCUT2D eigenvalue weighted by Gasteiger charge is 2.14. The minimum atomic E-state index is -0.117. The molecule has 0 bridgehead atoms. The number of amides is 1. The molecule has 1 amide bonds. The Hall–Kier alpha value is -1.59. The number of nitrogens with zero attached hydrogens (tertiary/aromatic N) is 1. The number of rotatable bonds is 3. The molecule has 92 valence electrons. The molecule has 1 aromatic rings. The van der Waals surface area contributed by atoms with Gasteiger partial charge in [0.05, 0.1) is 25.4 Å². The summed E-state index contributed by atoms with van der Waals surface area (Å²) < 4.78 is 5.21. The van der Waals surface area contributed by atoms with Crippen molar-refractivity contribution in [2.45, 2.75) is 0 Å². The first-order valence-corrected chi connectivity index (χ1v) is 5.63. The van der Waals surface area contributed by atoms with Crippen LogP contribution in [0.4, 0.5) is 5.69 Å². The number of hydrogen-bond acceptors (Lipinski definition) is 4. The second kappa shape index (κ2) is 5.65. The largest absolute Gasteiger partial charge is 0.506 e. The monoisotopic (exact) mass is 236 g/mol. The van der Waals surface area contributed by atoms with Crippen LogP contribution in [0.3, 0.4) is 0 Å². The lowest BCUT2D eigenvalue weighted by molar-refractivity contribution is -0.118. The summed E-state index contributed by atoms with van der Waals surface area (Å²) in [7, 11) is 0. The highest BCUT2D eigenvalue weighted by Crippen LogP contribution is 2.21. The molecule has 1 heterocycles. The smallest absolute Gasteiger partial charge is 0.238 e. The summed E-state index contributed by atoms with van der Waals surface area (Å²) in [5.74, 6) is -0.0313. The molecule has 5 heteroatoms. The number of benzene rings is 1. The van der Waals surface area contributed by atoms with Crippen molar-refractivity contribution in [1.82, 2.24) is 4.90 Å². The third-order valence-corrected chi connectivity index (χ3v) is 2.65. The molecule has 0 saturated carbocycles. The summed E-state index contributed by atoms with van der Waals surface area (Å²) >= 11 is 0. The number of phenols is 1. The molecule has 17 heavy (non-hydrogen) atoms. The number of nitrogens with one attached hydrogen (secondary N) is 1. The van der Waals surface area contributed by atoms with E-state index >= 15 is 0 Å². The molecule has 0 spiro atoms. The number of carbonyl (C=O) groups excluding carboxylic acids is 1. The lowest BCUT2D eigenvalue weighted by atomic mass is 10.3. The molecular formula is C12H16N2O3. The molecule has 1 aromatic carbocycles. The van der Waals surface area contributed by atoms with Gasteiger partial charge in [-0.15, -0.1) is 0 Å². The van der Waals surface area contributed by atoms with E-state index in [9.17, 15) is 9.90 Å². The zero-order valence-electron chi connectivity index (χ0n) is 9.56. The minimum absolute atomic E-state index is 0.0860. The molecule has 1 fully saturated rings. The molecule has 2 rings (SSSR count). The second-order valence-electron chi connectivity index (χ2n) is 3.95. The van der Waals surface area contributed by atoms with Crippen LogP contribution >= 0.6 is 0 Å². The van der Waals surface area contributed by atoms with Crippen LogP contribution in [0.15, 0.2) is 24.3 Å². The standard InChI is InChI=1S/C12H16N2O3/c15-11-4-2-1-3-10(11)13-12(16)9-14-5-7-17-8-6-14/h1-4,15H,5-9H2,(H,13,16). The van der Waals surface area contributed by atoms with Gasteiger partial charge in [0.2, 0.25) is 5.91 Å². The van der Waals surface area contributed by atoms with E-state index in [4.69, 9.17) is 4.74 Å². The number of hydrogen-bond donors (Lipinski definition) is 2. The van der Waals surface area contributed by atoms with Gasteiger partial charge in [-0.3, -0.25) is 9.69 Å². The van der Waals surface area contributed by atoms with Gasteiger partial charge in [0.25, 0.3) is 0 Å². The molecule has 1 aliphatic heterocycles. The van der Waals surface area contributed by atoms with Gasteiger partial charge in [-0.1, -0.05) is 12.1 Å². The fourth-order valence-electron chi connectivity index (χ4n) is 1.73. The van der Waals surface area contributed by atoms with Crippen molar-refractivity contribution in [3.63, 3.8) is 0 Å². The zero-order valence-corrected chi connectivity index (χ0v) is 9.56. The Morgan fingerprint density at radius 2 is 2.06 bits per heavy atom. The number of carbonyl (C=O) groups is 1. The number of ether oxygens (including phenoxy) is 1. The van der Waals surface area contributed by atoms with E-state index in [1.165, 1.54) is 0 Å². The highest BCUT2D eigenvalue weighted by molar-refractivity contribution is 5.93. The summed E-state index contributed by atoms with van der Waals surface area (Å²) in [6.45, 7) is 3.22. The van der Waals surface area contributed by atoms with Crippen molar-refractivity contribution in [1.29, 1.82) is 0 Å². The van der Waals surface area contributed by atoms with Gasteiger partial charge in [0, 0.05) is 13.1 Å². The van der Waals surface area contributed by atoms with E-state index in [0.29, 0.717) is 25.4 Å². The minimum Gasteiger partial charge on any atom is -0.506 e. The van der Waals surface area contributed by atoms with E-state index in [1.807, 2.05) is 4.90 Å². The van der Waals surface area contributed by atoms with Crippen molar-refractivity contribution < 1.29 is 14.6 Å². The number of phenolic OH excluding ortho intramolecular Hbond substituents is 1. The van der Waals surface area contributed by atoms with Crippen LogP contribution in [0.25, 0.3) is 0 Å². The van der Waals surface area contributed by atoms with Gasteiger partial charge in [-0.25, -0.2) is 0 Å². The lowest BCUT2D eigenvalue weighted by Gasteiger charge is -2.25. The summed E-state index contributed by atoms with van der Waals surface area (Å²) in [4.78, 5) is 13.8. The maximum Gasteiger partial charge on any atom is 0.238 e. The van der Waals surface area contributed by atoms with Crippen LogP contribution in [-0.2, 0) is 9.53 Å². The first-order valence-electron chi connectivity index (χ1n) is 5.63. The number of morpholine rings is 1. The quantitative estimate of drug-likeness (QED) is 0.757. The molecule has 2 N–H and O–H groups in total. The SMILES string of the molecule is O=C(CN1CCOCC1)Nc1ccccc1O. The van der Waals surface area contributed by atoms with Crippen LogP contribution in [0.5, 0.6) is 5.75 Å². The zero-order chi connectivity index (χ0) is 12.1. The molecule has 0 aliphatic carbocycles. The fraction of sp³-hybridized carbons (Fsp3) is 0.417. The van der Waals surface area contributed by atoms with E-state index in [2.05, 4.69) is 5.32 Å². The fourth-order valence-corrected chi connectivity index (χ4v) is 1.73. The molecule has 5 nitrogen and oxygen atoms in total. The Labute approximate surface area is 100.0 Å². The maximum absolute atomic E-state index is 11.7. The Balaban J connectivity index is 1.86. The molecule has 1 saturated heterocycles. The maximum atomic E-state index is 11.7. The van der Waals surface area contributed by atoms with Crippen molar-refractivity contribution in [3.8, 4) is 5.75 Å². The first-order chi connectivity index (χ1) is 8.25. The average molecular weight is 236 g/mol. The molecule has 1 aliphatic rings. The molecule has 0 unspecified atom stereocenters. The highest BCUT2D eigenvalue weighted by atomic mass is 16.5. The Bertz CT molecular complexity index is 389. The molecular weight excluding hydrogens is 220 g/mol. The first kappa shape index (κ1) is 11.9. The van der Waals surface area contributed by atoms with Gasteiger partial charge in [0.1, 0.15) is 5.75 Å². The number of anilines is 1. The van der Waals surface area contributed by atoms with Crippen LogP contribution in [-0.4, -0.2) is 48.8 Å². The average Bonchev–Trinajstić information content (AvgIpc) is 2.33. The Morgan fingerprint density at radius 3 is 2.76 bits per heavy atom. The lowest BCUT2D eigenvalue weighted by Crippen LogP contribution is -2.41. The van der Waals surface area contributed by atoms with Crippen molar-refractivity contribution >= 4 is 11.6 Å². The van der Waals surface area contributed by atoms with E-state index in [-0.39, 0.29) is 11.7 Å². The van der Waals surface area contributed by atoms with E-state index in [1.54, 1.807) is 24.3 Å². The molecule has 0 aromatic heterocycles. The van der Waals surface area contributed by atoms with Crippen LogP contribution in [0, 0.1) is 0 Å². The van der Waals surface area contributed by atoms with Crippen LogP contribution in [0.2, 0.25) is 0 Å². The van der Waals surface area contributed by atoms with Gasteiger partial charge in [-0.05, 0) is 12.1 Å². The Morgan fingerprint density at radius 1 is 1.35 bits per heavy atom. The predicted molar refractivity (Wildman–Crippen MR) is 64.0 cm³/mol. The third-order valence-electron chi connectivity index (χ3n) is 2.65. The number of para-hydroxylation sites is 2. The second-order valence-corrected chi connectivity index (χ2v) is 3.95. The van der Waals surface area contributed by atoms with Crippen molar-refractivity contribution in [2.75, 3.05) is 38.2 Å². The normalized spacial score (nSPS) is 16.7. The van der Waals surface area contributed by atoms with Crippen LogP contribution in [0.1, 0.15) is 0 Å². The summed E-state index contributed by atoms with van der Waals surface area (Å²) in [6, 6.07) is 6.70. The van der Waals surface area contributed by atoms with Crippen molar-refractivity contribution in [3.05, 3.63) is 24.3 Å². The van der Waals surface area contributed by atoms with Crippen LogP contribution < -0.4 is 5.32 Å². The van der Waals surface area contributed by atoms with Gasteiger partial charge >= 0.3 is 0 Å². The van der Waals surface area contributed by atoms with E-state index < -0.39 is 0 Å². The van der Waals surface area contributed by atoms with Crippen molar-refractivity contribution in [2.24, 2.45) is 0 Å². The van der Waals surface area contributed by atoms with Gasteiger partial charge in [0.15, 0.2) is 0 Å². The van der Waals surface area contributed by atoms with Gasteiger partial charge in [-0.2, -0.15) is 0 Å². The van der Waals surface area contributed by atoms with Gasteiger partial charge < -0.3 is 15.2 Å². The third kappa shape index (κ3) is 3.44. The number of aromatic hydroxyl groups is 1. The van der Waals surface area contributed by atoms with E-state index in [0.717, 1.165) is 13.1 Å². The summed E-state index contributed by atoms with van der Waals surface area (Å²) in [5.41, 5.74) is 0.450. The summed E-state index contributed by atoms with van der Waals surface area (Å²) in [6.07, 6.45) is 0. The molecule has 0 atom stereocenters. The topological polar surface area (TPSA) is 61.8 Å². The summed E-state index contributed by atoms with van der Waals surface area (Å²) in [5, 5.41) is 12.2. The molecule has 0 radical (unpaired) electrons. The predicted octanol–water partition coefficient (Wildman–Crippen LogP) is 0.663.